The van der Waals surface area contributed by atoms with Crippen molar-refractivity contribution in [3.05, 3.63) is 22.3 Å². The third kappa shape index (κ3) is 3.21. The monoisotopic (exact) mass is 296 g/mol. The van der Waals surface area contributed by atoms with Gasteiger partial charge in [0.05, 0.1) is 4.47 Å². The molecule has 1 aromatic heterocycles. The molecular weight excluding hydrogens is 276 g/mol. The Balaban J connectivity index is 2.05. The van der Waals surface area contributed by atoms with Gasteiger partial charge < -0.3 is 5.32 Å². The molecule has 0 aliphatic heterocycles. The molecule has 2 nitrogen and oxygen atoms in total. The molecule has 2 rings (SSSR count). The van der Waals surface area contributed by atoms with Crippen molar-refractivity contribution in [2.75, 3.05) is 5.32 Å². The van der Waals surface area contributed by atoms with Gasteiger partial charge >= 0.3 is 0 Å². The van der Waals surface area contributed by atoms with Gasteiger partial charge in [0.25, 0.3) is 0 Å². The molecule has 3 atom stereocenters. The van der Waals surface area contributed by atoms with Gasteiger partial charge in [-0.2, -0.15) is 0 Å². The standard InChI is InChI=1S/C14H21BrN2/c1-9-4-5-13(11(3)6-9)17-14-12(15)7-10(2)8-16-14/h7-9,11,13H,4-6H2,1-3H3,(H,16,17). The first kappa shape index (κ1) is 12.9. The summed E-state index contributed by atoms with van der Waals surface area (Å²) < 4.78 is 1.07. The van der Waals surface area contributed by atoms with Crippen LogP contribution < -0.4 is 5.32 Å². The second-order valence-corrected chi connectivity index (χ2v) is 6.34. The smallest absolute Gasteiger partial charge is 0.140 e. The van der Waals surface area contributed by atoms with Crippen LogP contribution >= 0.6 is 15.9 Å². The van der Waals surface area contributed by atoms with Gasteiger partial charge in [-0.05, 0) is 65.6 Å². The van der Waals surface area contributed by atoms with Crippen molar-refractivity contribution >= 4 is 21.7 Å². The zero-order valence-corrected chi connectivity index (χ0v) is 12.4. The van der Waals surface area contributed by atoms with Crippen LogP contribution in [0.4, 0.5) is 5.82 Å². The minimum atomic E-state index is 0.567. The molecule has 0 bridgehead atoms. The fourth-order valence-electron chi connectivity index (χ4n) is 2.70. The summed E-state index contributed by atoms with van der Waals surface area (Å²) in [6.45, 7) is 6.76. The number of aryl methyl sites for hydroxylation is 1. The van der Waals surface area contributed by atoms with Crippen molar-refractivity contribution in [3.8, 4) is 0 Å². The van der Waals surface area contributed by atoms with Crippen LogP contribution in [0.2, 0.25) is 0 Å². The first-order valence-electron chi connectivity index (χ1n) is 6.45. The van der Waals surface area contributed by atoms with E-state index in [1.807, 2.05) is 6.20 Å². The van der Waals surface area contributed by atoms with Crippen LogP contribution in [-0.2, 0) is 0 Å². The molecule has 0 spiro atoms. The van der Waals surface area contributed by atoms with Crippen LogP contribution in [-0.4, -0.2) is 11.0 Å². The van der Waals surface area contributed by atoms with E-state index in [2.05, 4.69) is 53.1 Å². The van der Waals surface area contributed by atoms with Gasteiger partial charge in [0, 0.05) is 12.2 Å². The average molecular weight is 297 g/mol. The Morgan fingerprint density at radius 2 is 2.12 bits per heavy atom. The van der Waals surface area contributed by atoms with Gasteiger partial charge in [0.1, 0.15) is 5.82 Å². The topological polar surface area (TPSA) is 24.9 Å². The van der Waals surface area contributed by atoms with E-state index in [1.54, 1.807) is 0 Å². The molecule has 0 aromatic carbocycles. The van der Waals surface area contributed by atoms with Gasteiger partial charge in [-0.1, -0.05) is 13.8 Å². The molecule has 1 aromatic rings. The average Bonchev–Trinajstić information content (AvgIpc) is 2.25. The summed E-state index contributed by atoms with van der Waals surface area (Å²) in [4.78, 5) is 4.47. The first-order chi connectivity index (χ1) is 8.06. The Kier molecular flexibility index (Phi) is 4.08. The molecule has 0 radical (unpaired) electrons. The maximum absolute atomic E-state index is 4.47. The summed E-state index contributed by atoms with van der Waals surface area (Å²) >= 11 is 3.58. The minimum Gasteiger partial charge on any atom is -0.366 e. The van der Waals surface area contributed by atoms with Crippen molar-refractivity contribution in [3.63, 3.8) is 0 Å². The lowest BCUT2D eigenvalue weighted by molar-refractivity contribution is 0.276. The largest absolute Gasteiger partial charge is 0.366 e. The number of halogens is 1. The summed E-state index contributed by atoms with van der Waals surface area (Å²) in [5.41, 5.74) is 1.19. The normalized spacial score (nSPS) is 29.1. The van der Waals surface area contributed by atoms with E-state index in [0.717, 1.165) is 22.1 Å². The molecular formula is C14H21BrN2. The maximum atomic E-state index is 4.47. The van der Waals surface area contributed by atoms with Crippen LogP contribution in [0.5, 0.6) is 0 Å². The molecule has 0 amide bonds. The van der Waals surface area contributed by atoms with E-state index in [4.69, 9.17) is 0 Å². The lowest BCUT2D eigenvalue weighted by atomic mass is 9.80. The quantitative estimate of drug-likeness (QED) is 0.875. The molecule has 1 heterocycles. The van der Waals surface area contributed by atoms with Gasteiger partial charge in [-0.25, -0.2) is 4.98 Å². The number of anilines is 1. The molecule has 1 aliphatic carbocycles. The van der Waals surface area contributed by atoms with Crippen molar-refractivity contribution in [1.29, 1.82) is 0 Å². The second-order valence-electron chi connectivity index (χ2n) is 5.49. The van der Waals surface area contributed by atoms with E-state index < -0.39 is 0 Å². The van der Waals surface area contributed by atoms with Crippen molar-refractivity contribution in [2.45, 2.75) is 46.1 Å². The van der Waals surface area contributed by atoms with Gasteiger partial charge in [-0.15, -0.1) is 0 Å². The number of nitrogens with one attached hydrogen (secondary N) is 1. The molecule has 94 valence electrons. The van der Waals surface area contributed by atoms with Gasteiger partial charge in [0.2, 0.25) is 0 Å². The highest BCUT2D eigenvalue weighted by molar-refractivity contribution is 9.10. The van der Waals surface area contributed by atoms with E-state index in [9.17, 15) is 0 Å². The third-order valence-electron chi connectivity index (χ3n) is 3.73. The van der Waals surface area contributed by atoms with E-state index in [-0.39, 0.29) is 0 Å². The summed E-state index contributed by atoms with van der Waals surface area (Å²) in [5, 5.41) is 3.59. The maximum Gasteiger partial charge on any atom is 0.140 e. The Bertz CT molecular complexity index is 392. The van der Waals surface area contributed by atoms with Gasteiger partial charge in [0.15, 0.2) is 0 Å². The van der Waals surface area contributed by atoms with Crippen molar-refractivity contribution in [1.82, 2.24) is 4.98 Å². The highest BCUT2D eigenvalue weighted by Gasteiger charge is 2.25. The van der Waals surface area contributed by atoms with Crippen LogP contribution in [0.1, 0.15) is 38.7 Å². The number of nitrogens with zero attached hydrogens (tertiary/aromatic N) is 1. The van der Waals surface area contributed by atoms with E-state index >= 15 is 0 Å². The SMILES string of the molecule is Cc1cnc(NC2CCC(C)CC2C)c(Br)c1. The number of aromatic nitrogens is 1. The number of hydrogen-bond acceptors (Lipinski definition) is 2. The molecule has 3 unspecified atom stereocenters. The molecule has 1 N–H and O–H groups in total. The molecule has 17 heavy (non-hydrogen) atoms. The molecule has 1 saturated carbocycles. The first-order valence-corrected chi connectivity index (χ1v) is 7.24. The predicted octanol–water partition coefficient (Wildman–Crippen LogP) is 4.39. The van der Waals surface area contributed by atoms with E-state index in [0.29, 0.717) is 6.04 Å². The minimum absolute atomic E-state index is 0.567. The van der Waals surface area contributed by atoms with E-state index in [1.165, 1.54) is 24.8 Å². The molecule has 1 aliphatic rings. The molecule has 3 heteroatoms. The number of hydrogen-bond donors (Lipinski definition) is 1. The Labute approximate surface area is 112 Å². The van der Waals surface area contributed by atoms with Gasteiger partial charge in [-0.3, -0.25) is 0 Å². The molecule has 0 saturated heterocycles. The fourth-order valence-corrected chi connectivity index (χ4v) is 3.27. The lowest BCUT2D eigenvalue weighted by Crippen LogP contribution is -2.33. The Morgan fingerprint density at radius 3 is 2.76 bits per heavy atom. The van der Waals surface area contributed by atoms with Crippen LogP contribution in [0.25, 0.3) is 0 Å². The van der Waals surface area contributed by atoms with Crippen LogP contribution in [0.3, 0.4) is 0 Å². The summed E-state index contributed by atoms with van der Waals surface area (Å²) in [5.74, 6) is 2.59. The zero-order chi connectivity index (χ0) is 12.4. The highest BCUT2D eigenvalue weighted by Crippen LogP contribution is 2.32. The summed E-state index contributed by atoms with van der Waals surface area (Å²) in [7, 11) is 0. The highest BCUT2D eigenvalue weighted by atomic mass is 79.9. The van der Waals surface area contributed by atoms with Crippen molar-refractivity contribution < 1.29 is 0 Å². The van der Waals surface area contributed by atoms with Crippen LogP contribution in [0, 0.1) is 18.8 Å². The molecule has 1 fully saturated rings. The second kappa shape index (κ2) is 5.38. The zero-order valence-electron chi connectivity index (χ0n) is 10.8. The number of rotatable bonds is 2. The third-order valence-corrected chi connectivity index (χ3v) is 4.34. The fraction of sp³-hybridized carbons (Fsp3) is 0.643. The lowest BCUT2D eigenvalue weighted by Gasteiger charge is -2.33. The van der Waals surface area contributed by atoms with Crippen LogP contribution in [0.15, 0.2) is 16.7 Å². The Hall–Kier alpha value is -0.570. The summed E-state index contributed by atoms with van der Waals surface area (Å²) in [6.07, 6.45) is 5.82. The Morgan fingerprint density at radius 1 is 1.35 bits per heavy atom. The predicted molar refractivity (Wildman–Crippen MR) is 76.3 cm³/mol. The summed E-state index contributed by atoms with van der Waals surface area (Å²) in [6, 6.07) is 2.68. The van der Waals surface area contributed by atoms with Crippen molar-refractivity contribution in [2.24, 2.45) is 11.8 Å². The number of pyridine rings is 1.